The van der Waals surface area contributed by atoms with E-state index in [4.69, 9.17) is 4.98 Å². The molecule has 0 radical (unpaired) electrons. The third-order valence-electron chi connectivity index (χ3n) is 4.15. The quantitative estimate of drug-likeness (QED) is 0.330. The molecule has 0 N–H and O–H groups in total. The fraction of sp³-hybridized carbons (Fsp3) is 0.105. The lowest BCUT2D eigenvalue weighted by Gasteiger charge is -2.04. The van der Waals surface area contributed by atoms with Gasteiger partial charge in [-0.15, -0.1) is 0 Å². The molecule has 1 aromatic carbocycles. The van der Waals surface area contributed by atoms with Crippen LogP contribution in [0.4, 0.5) is 0 Å². The van der Waals surface area contributed by atoms with Crippen molar-refractivity contribution in [2.45, 2.75) is 13.5 Å². The Morgan fingerprint density at radius 3 is 2.74 bits per heavy atom. The molecule has 3 heterocycles. The lowest BCUT2D eigenvalue weighted by Crippen LogP contribution is -2.34. The van der Waals surface area contributed by atoms with Crippen LogP contribution < -0.4 is 4.57 Å². The highest BCUT2D eigenvalue weighted by Crippen LogP contribution is 2.23. The smallest absolute Gasteiger partial charge is 0.254 e. The second kappa shape index (κ2) is 5.32. The molecule has 112 valence electrons. The summed E-state index contributed by atoms with van der Waals surface area (Å²) in [6.07, 6.45) is 7.79. The van der Waals surface area contributed by atoms with Gasteiger partial charge in [-0.05, 0) is 12.1 Å². The van der Waals surface area contributed by atoms with Crippen LogP contribution in [0.1, 0.15) is 5.82 Å². The molecule has 4 aromatic rings. The largest absolute Gasteiger partial charge is 0.259 e. The van der Waals surface area contributed by atoms with Crippen molar-refractivity contribution in [1.82, 2.24) is 14.5 Å². The number of imidazole rings is 1. The SMILES string of the molecule is C=CC[n+]1ccn(-c2ccc3ccc4cccnc4c3n2)c1C. The number of benzene rings is 1. The second-order valence-corrected chi connectivity index (χ2v) is 5.54. The van der Waals surface area contributed by atoms with Gasteiger partial charge in [0.25, 0.3) is 5.82 Å². The number of rotatable bonds is 3. The van der Waals surface area contributed by atoms with Crippen molar-refractivity contribution in [3.8, 4) is 5.82 Å². The van der Waals surface area contributed by atoms with Gasteiger partial charge in [-0.3, -0.25) is 4.98 Å². The summed E-state index contributed by atoms with van der Waals surface area (Å²) in [6, 6.07) is 12.3. The summed E-state index contributed by atoms with van der Waals surface area (Å²) in [7, 11) is 0. The van der Waals surface area contributed by atoms with Crippen molar-refractivity contribution in [2.75, 3.05) is 0 Å². The monoisotopic (exact) mass is 301 g/mol. The molecule has 0 atom stereocenters. The van der Waals surface area contributed by atoms with Gasteiger partial charge in [0.1, 0.15) is 24.5 Å². The molecule has 0 saturated heterocycles. The van der Waals surface area contributed by atoms with E-state index in [1.54, 1.807) is 0 Å². The van der Waals surface area contributed by atoms with Crippen molar-refractivity contribution in [3.05, 3.63) is 73.5 Å². The molecule has 0 fully saturated rings. The fourth-order valence-corrected chi connectivity index (χ4v) is 2.92. The van der Waals surface area contributed by atoms with Gasteiger partial charge in [-0.2, -0.15) is 4.57 Å². The van der Waals surface area contributed by atoms with E-state index in [9.17, 15) is 0 Å². The van der Waals surface area contributed by atoms with Gasteiger partial charge >= 0.3 is 0 Å². The van der Waals surface area contributed by atoms with Gasteiger partial charge in [-0.25, -0.2) is 9.55 Å². The Morgan fingerprint density at radius 2 is 1.91 bits per heavy atom. The van der Waals surface area contributed by atoms with E-state index >= 15 is 0 Å². The van der Waals surface area contributed by atoms with Gasteiger partial charge < -0.3 is 0 Å². The minimum atomic E-state index is 0.789. The van der Waals surface area contributed by atoms with Crippen LogP contribution in [-0.2, 0) is 6.54 Å². The van der Waals surface area contributed by atoms with Gasteiger partial charge in [0.15, 0.2) is 0 Å². The summed E-state index contributed by atoms with van der Waals surface area (Å²) in [5.41, 5.74) is 1.87. The zero-order valence-corrected chi connectivity index (χ0v) is 13.0. The van der Waals surface area contributed by atoms with Gasteiger partial charge in [0, 0.05) is 30.0 Å². The normalized spacial score (nSPS) is 11.2. The number of nitrogens with zero attached hydrogens (tertiary/aromatic N) is 4. The van der Waals surface area contributed by atoms with E-state index in [1.165, 1.54) is 0 Å². The maximum absolute atomic E-state index is 4.87. The van der Waals surface area contributed by atoms with E-state index in [0.29, 0.717) is 0 Å². The van der Waals surface area contributed by atoms with Crippen LogP contribution in [0, 0.1) is 6.92 Å². The third-order valence-corrected chi connectivity index (χ3v) is 4.15. The van der Waals surface area contributed by atoms with Crippen molar-refractivity contribution in [2.24, 2.45) is 0 Å². The fourth-order valence-electron chi connectivity index (χ4n) is 2.92. The number of hydrogen-bond acceptors (Lipinski definition) is 2. The maximum Gasteiger partial charge on any atom is 0.259 e. The van der Waals surface area contributed by atoms with Crippen LogP contribution in [-0.4, -0.2) is 14.5 Å². The molecule has 0 unspecified atom stereocenters. The molecule has 0 aliphatic heterocycles. The van der Waals surface area contributed by atoms with Crippen LogP contribution in [0.5, 0.6) is 0 Å². The molecule has 4 rings (SSSR count). The molecule has 23 heavy (non-hydrogen) atoms. The van der Waals surface area contributed by atoms with Crippen LogP contribution >= 0.6 is 0 Å². The average Bonchev–Trinajstić information content (AvgIpc) is 2.95. The van der Waals surface area contributed by atoms with Crippen molar-refractivity contribution in [1.29, 1.82) is 0 Å². The average molecular weight is 301 g/mol. The first-order chi connectivity index (χ1) is 11.3. The molecule has 3 aromatic heterocycles. The lowest BCUT2D eigenvalue weighted by atomic mass is 10.1. The van der Waals surface area contributed by atoms with E-state index < -0.39 is 0 Å². The molecule has 4 heteroatoms. The molecule has 0 aliphatic carbocycles. The standard InChI is InChI=1S/C19H17N4/c1-3-11-22-12-13-23(14(22)2)17-9-8-16-7-6-15-5-4-10-20-18(15)19(16)21-17/h3-10,12-13H,1,11H2,2H3/q+1. The maximum atomic E-state index is 4.87. The minimum absolute atomic E-state index is 0.789. The predicted molar refractivity (Wildman–Crippen MR) is 91.5 cm³/mol. The van der Waals surface area contributed by atoms with Gasteiger partial charge in [0.2, 0.25) is 5.82 Å². The Bertz CT molecular complexity index is 1030. The number of aromatic nitrogens is 4. The first-order valence-electron chi connectivity index (χ1n) is 7.61. The molecule has 0 saturated carbocycles. The number of fused-ring (bicyclic) bond motifs is 3. The summed E-state index contributed by atoms with van der Waals surface area (Å²) in [4.78, 5) is 9.38. The zero-order chi connectivity index (χ0) is 15.8. The van der Waals surface area contributed by atoms with Crippen LogP contribution in [0.25, 0.3) is 27.6 Å². The highest BCUT2D eigenvalue weighted by molar-refractivity contribution is 6.02. The number of allylic oxidation sites excluding steroid dienone is 1. The molecule has 0 amide bonds. The predicted octanol–water partition coefficient (Wildman–Crippen LogP) is 3.36. The number of hydrogen-bond donors (Lipinski definition) is 0. The van der Waals surface area contributed by atoms with Gasteiger partial charge in [0.05, 0.1) is 5.52 Å². The first kappa shape index (κ1) is 13.6. The van der Waals surface area contributed by atoms with E-state index in [-0.39, 0.29) is 0 Å². The molecule has 0 spiro atoms. The summed E-state index contributed by atoms with van der Waals surface area (Å²) >= 11 is 0. The van der Waals surface area contributed by atoms with Crippen molar-refractivity contribution >= 4 is 21.8 Å². The van der Waals surface area contributed by atoms with Crippen molar-refractivity contribution < 1.29 is 4.57 Å². The van der Waals surface area contributed by atoms with E-state index in [2.05, 4.69) is 51.9 Å². The Labute approximate surface area is 134 Å². The molecule has 0 bridgehead atoms. The number of pyridine rings is 2. The molecular weight excluding hydrogens is 284 g/mol. The highest BCUT2D eigenvalue weighted by atomic mass is 15.2. The molecule has 4 nitrogen and oxygen atoms in total. The Morgan fingerprint density at radius 1 is 1.13 bits per heavy atom. The summed E-state index contributed by atoms with van der Waals surface area (Å²) < 4.78 is 4.23. The Kier molecular flexibility index (Phi) is 3.15. The minimum Gasteiger partial charge on any atom is -0.254 e. The summed E-state index contributed by atoms with van der Waals surface area (Å²) in [5.74, 6) is 2.01. The van der Waals surface area contributed by atoms with E-state index in [1.807, 2.05) is 36.8 Å². The molecular formula is C19H17N4+. The first-order valence-corrected chi connectivity index (χ1v) is 7.61. The van der Waals surface area contributed by atoms with Crippen molar-refractivity contribution in [3.63, 3.8) is 0 Å². The lowest BCUT2D eigenvalue weighted by molar-refractivity contribution is -0.692. The second-order valence-electron chi connectivity index (χ2n) is 5.54. The highest BCUT2D eigenvalue weighted by Gasteiger charge is 2.15. The summed E-state index contributed by atoms with van der Waals surface area (Å²) in [6.45, 7) is 6.67. The Balaban J connectivity index is 1.95. The van der Waals surface area contributed by atoms with E-state index in [0.717, 1.165) is 40.0 Å². The third kappa shape index (κ3) is 2.19. The topological polar surface area (TPSA) is 34.6 Å². The van der Waals surface area contributed by atoms with Crippen LogP contribution in [0.2, 0.25) is 0 Å². The summed E-state index contributed by atoms with van der Waals surface area (Å²) in [5, 5.41) is 2.21. The van der Waals surface area contributed by atoms with Crippen LogP contribution in [0.3, 0.4) is 0 Å². The van der Waals surface area contributed by atoms with Gasteiger partial charge in [-0.1, -0.05) is 30.9 Å². The molecule has 0 aliphatic rings. The Hall–Kier alpha value is -3.01. The van der Waals surface area contributed by atoms with Crippen LogP contribution in [0.15, 0.2) is 67.6 Å². The zero-order valence-electron chi connectivity index (χ0n) is 13.0.